The smallest absolute Gasteiger partial charge is 0.119 e. The van der Waals surface area contributed by atoms with Crippen LogP contribution in [0.25, 0.3) is 0 Å². The van der Waals surface area contributed by atoms with Gasteiger partial charge < -0.3 is 10.2 Å². The van der Waals surface area contributed by atoms with Gasteiger partial charge in [0.15, 0.2) is 0 Å². The third-order valence-corrected chi connectivity index (χ3v) is 3.09. The molecule has 0 bridgehead atoms. The first kappa shape index (κ1) is 17.6. The van der Waals surface area contributed by atoms with Crippen LogP contribution in [0.2, 0.25) is 0 Å². The maximum Gasteiger partial charge on any atom is 0.119 e. The summed E-state index contributed by atoms with van der Waals surface area (Å²) >= 11 is 0. The lowest BCUT2D eigenvalue weighted by Gasteiger charge is -1.98. The van der Waals surface area contributed by atoms with E-state index in [0.29, 0.717) is 11.5 Å². The highest BCUT2D eigenvalue weighted by atomic mass is 16.3. The van der Waals surface area contributed by atoms with Crippen LogP contribution in [0.5, 0.6) is 11.5 Å². The number of phenols is 2. The summed E-state index contributed by atoms with van der Waals surface area (Å²) in [6.45, 7) is 3.97. The maximum absolute atomic E-state index is 9.30. The van der Waals surface area contributed by atoms with Gasteiger partial charge in [-0.05, 0) is 56.0 Å². The summed E-state index contributed by atoms with van der Waals surface area (Å²) in [5.74, 6) is 0.708. The minimum atomic E-state index is 0.328. The summed E-state index contributed by atoms with van der Waals surface area (Å²) in [6, 6.07) is 14.7. The molecule has 2 aromatic rings. The van der Waals surface area contributed by atoms with Crippen molar-refractivity contribution >= 4 is 0 Å². The molecule has 22 heavy (non-hydrogen) atoms. The van der Waals surface area contributed by atoms with Crippen LogP contribution in [0.4, 0.5) is 0 Å². The summed E-state index contributed by atoms with van der Waals surface area (Å²) in [6.07, 6.45) is 9.86. The van der Waals surface area contributed by atoms with E-state index in [1.807, 2.05) is 62.4 Å². The second-order valence-corrected chi connectivity index (χ2v) is 4.84. The van der Waals surface area contributed by atoms with Crippen molar-refractivity contribution in [3.63, 3.8) is 0 Å². The fourth-order valence-electron chi connectivity index (χ4n) is 1.81. The first-order valence-corrected chi connectivity index (χ1v) is 7.44. The van der Waals surface area contributed by atoms with Gasteiger partial charge >= 0.3 is 0 Å². The van der Waals surface area contributed by atoms with Crippen molar-refractivity contribution in [2.75, 3.05) is 0 Å². The SMILES string of the molecule is C/C=C/Cc1ccc(O)cc1.C/C=C/Cc1ccccc1O. The maximum atomic E-state index is 9.30. The first-order valence-electron chi connectivity index (χ1n) is 7.44. The molecule has 0 unspecified atom stereocenters. The predicted molar refractivity (Wildman–Crippen MR) is 93.2 cm³/mol. The van der Waals surface area contributed by atoms with Crippen LogP contribution in [-0.2, 0) is 12.8 Å². The lowest BCUT2D eigenvalue weighted by Crippen LogP contribution is -1.80. The van der Waals surface area contributed by atoms with E-state index in [0.717, 1.165) is 18.4 Å². The van der Waals surface area contributed by atoms with Gasteiger partial charge in [-0.15, -0.1) is 0 Å². The van der Waals surface area contributed by atoms with Crippen molar-refractivity contribution in [1.29, 1.82) is 0 Å². The molecule has 0 saturated carbocycles. The fourth-order valence-corrected chi connectivity index (χ4v) is 1.81. The van der Waals surface area contributed by atoms with Gasteiger partial charge in [-0.1, -0.05) is 54.6 Å². The monoisotopic (exact) mass is 296 g/mol. The summed E-state index contributed by atoms with van der Waals surface area (Å²) < 4.78 is 0. The van der Waals surface area contributed by atoms with E-state index in [9.17, 15) is 5.11 Å². The average Bonchev–Trinajstić information content (AvgIpc) is 2.54. The summed E-state index contributed by atoms with van der Waals surface area (Å²) in [5, 5.41) is 18.3. The van der Waals surface area contributed by atoms with Crippen molar-refractivity contribution in [2.24, 2.45) is 0 Å². The Labute approximate surface area is 133 Å². The molecule has 0 saturated heterocycles. The molecule has 0 atom stereocenters. The molecular formula is C20H24O2. The number of phenolic OH excluding ortho intramolecular Hbond substituents is 2. The molecule has 0 radical (unpaired) electrons. The third-order valence-electron chi connectivity index (χ3n) is 3.09. The minimum absolute atomic E-state index is 0.328. The molecule has 2 N–H and O–H groups in total. The van der Waals surface area contributed by atoms with E-state index in [4.69, 9.17) is 5.11 Å². The normalized spacial score (nSPS) is 10.6. The molecular weight excluding hydrogens is 272 g/mol. The highest BCUT2D eigenvalue weighted by Gasteiger charge is 1.94. The van der Waals surface area contributed by atoms with Gasteiger partial charge in [-0.25, -0.2) is 0 Å². The Morgan fingerprint density at radius 1 is 0.773 bits per heavy atom. The number of hydrogen-bond acceptors (Lipinski definition) is 2. The summed E-state index contributed by atoms with van der Waals surface area (Å²) in [4.78, 5) is 0. The lowest BCUT2D eigenvalue weighted by molar-refractivity contribution is 0.469. The number of allylic oxidation sites excluding steroid dienone is 4. The zero-order valence-corrected chi connectivity index (χ0v) is 13.2. The van der Waals surface area contributed by atoms with Crippen molar-refractivity contribution in [3.8, 4) is 11.5 Å². The topological polar surface area (TPSA) is 40.5 Å². The Kier molecular flexibility index (Phi) is 8.21. The second kappa shape index (κ2) is 10.3. The van der Waals surface area contributed by atoms with Crippen molar-refractivity contribution in [2.45, 2.75) is 26.7 Å². The molecule has 0 aliphatic rings. The second-order valence-electron chi connectivity index (χ2n) is 4.84. The van der Waals surface area contributed by atoms with Gasteiger partial charge in [0, 0.05) is 0 Å². The van der Waals surface area contributed by atoms with Crippen molar-refractivity contribution in [1.82, 2.24) is 0 Å². The van der Waals surface area contributed by atoms with Gasteiger partial charge in [-0.3, -0.25) is 0 Å². The fraction of sp³-hybridized carbons (Fsp3) is 0.200. The van der Waals surface area contributed by atoms with E-state index in [1.54, 1.807) is 18.2 Å². The minimum Gasteiger partial charge on any atom is -0.508 e. The molecule has 0 amide bonds. The Hall–Kier alpha value is -2.48. The molecule has 0 fully saturated rings. The van der Waals surface area contributed by atoms with Crippen molar-refractivity contribution in [3.05, 3.63) is 84.0 Å². The van der Waals surface area contributed by atoms with Crippen LogP contribution < -0.4 is 0 Å². The van der Waals surface area contributed by atoms with E-state index < -0.39 is 0 Å². The highest BCUT2D eigenvalue weighted by molar-refractivity contribution is 5.33. The molecule has 2 heteroatoms. The average molecular weight is 296 g/mol. The standard InChI is InChI=1S/2C10H12O/c1-2-3-6-9-7-4-5-8-10(9)11;1-2-3-4-9-5-7-10(11)8-6-9/h2-5,7-8,11H,6H2,1H3;2-3,5-8,11H,4H2,1H3/b2*3-2+. The molecule has 0 aliphatic carbocycles. The Morgan fingerprint density at radius 2 is 1.36 bits per heavy atom. The van der Waals surface area contributed by atoms with Gasteiger partial charge in [0.05, 0.1) is 0 Å². The predicted octanol–water partition coefficient (Wildman–Crippen LogP) is 5.02. The van der Waals surface area contributed by atoms with Crippen molar-refractivity contribution < 1.29 is 10.2 Å². The Bertz CT molecular complexity index is 595. The van der Waals surface area contributed by atoms with Crippen LogP contribution in [0.1, 0.15) is 25.0 Å². The molecule has 116 valence electrons. The largest absolute Gasteiger partial charge is 0.508 e. The first-order chi connectivity index (χ1) is 10.7. The van der Waals surface area contributed by atoms with Gasteiger partial charge in [0.25, 0.3) is 0 Å². The van der Waals surface area contributed by atoms with Gasteiger partial charge in [-0.2, -0.15) is 0 Å². The van der Waals surface area contributed by atoms with Crippen LogP contribution in [-0.4, -0.2) is 10.2 Å². The van der Waals surface area contributed by atoms with E-state index >= 15 is 0 Å². The van der Waals surface area contributed by atoms with Crippen LogP contribution in [0.15, 0.2) is 72.8 Å². The van der Waals surface area contributed by atoms with Gasteiger partial charge in [0.1, 0.15) is 11.5 Å². The highest BCUT2D eigenvalue weighted by Crippen LogP contribution is 2.16. The molecule has 0 heterocycles. The van der Waals surface area contributed by atoms with Crippen LogP contribution >= 0.6 is 0 Å². The van der Waals surface area contributed by atoms with Crippen LogP contribution in [0.3, 0.4) is 0 Å². The van der Waals surface area contributed by atoms with Crippen LogP contribution in [0, 0.1) is 0 Å². The third kappa shape index (κ3) is 6.80. The zero-order chi connectivity index (χ0) is 16.2. The number of benzene rings is 2. The summed E-state index contributed by atoms with van der Waals surface area (Å²) in [7, 11) is 0. The molecule has 2 rings (SSSR count). The molecule has 2 nitrogen and oxygen atoms in total. The van der Waals surface area contributed by atoms with E-state index in [1.165, 1.54) is 5.56 Å². The quantitative estimate of drug-likeness (QED) is 0.778. The number of aromatic hydroxyl groups is 2. The van der Waals surface area contributed by atoms with E-state index in [-0.39, 0.29) is 0 Å². The Balaban J connectivity index is 0.000000220. The molecule has 0 spiro atoms. The zero-order valence-electron chi connectivity index (χ0n) is 13.2. The summed E-state index contributed by atoms with van der Waals surface area (Å²) in [5.41, 5.74) is 2.20. The van der Waals surface area contributed by atoms with Gasteiger partial charge in [0.2, 0.25) is 0 Å². The molecule has 0 aromatic heterocycles. The Morgan fingerprint density at radius 3 is 1.95 bits per heavy atom. The number of hydrogen-bond donors (Lipinski definition) is 2. The molecule has 2 aromatic carbocycles. The number of rotatable bonds is 4. The van der Waals surface area contributed by atoms with E-state index in [2.05, 4.69) is 6.08 Å². The lowest BCUT2D eigenvalue weighted by atomic mass is 10.1. The number of para-hydroxylation sites is 1. The molecule has 0 aliphatic heterocycles.